The van der Waals surface area contributed by atoms with Crippen molar-refractivity contribution in [1.29, 1.82) is 0 Å². The van der Waals surface area contributed by atoms with E-state index in [2.05, 4.69) is 12.2 Å². The molecule has 7 atom stereocenters. The summed E-state index contributed by atoms with van der Waals surface area (Å²) in [4.78, 5) is 49.7. The van der Waals surface area contributed by atoms with Crippen molar-refractivity contribution in [2.45, 2.75) is 103 Å². The Labute approximate surface area is 224 Å². The number of ketones is 2. The number of hydrogen-bond donors (Lipinski definition) is 4. The highest BCUT2D eigenvalue weighted by atomic mass is 16.5. The highest BCUT2D eigenvalue weighted by molar-refractivity contribution is 5.92. The fraction of sp³-hybridized carbons (Fsp3) is 0.793. The second-order valence-corrected chi connectivity index (χ2v) is 13.2. The zero-order valence-electron chi connectivity index (χ0n) is 23.0. The van der Waals surface area contributed by atoms with Gasteiger partial charge >= 0.3 is 5.97 Å². The van der Waals surface area contributed by atoms with Gasteiger partial charge in [0.15, 0.2) is 12.4 Å². The van der Waals surface area contributed by atoms with Gasteiger partial charge in [-0.25, -0.2) is 0 Å². The number of allylic oxidation sites excluding steroid dienone is 1. The molecule has 0 saturated heterocycles. The zero-order chi connectivity index (χ0) is 28.1. The molecule has 0 heterocycles. The molecule has 0 aromatic rings. The van der Waals surface area contributed by atoms with Crippen LogP contribution in [0.4, 0.5) is 0 Å². The van der Waals surface area contributed by atoms with E-state index in [0.29, 0.717) is 19.3 Å². The third-order valence-electron chi connectivity index (χ3n) is 10.3. The number of carbonyl (C=O) groups is 4. The third-order valence-corrected chi connectivity index (χ3v) is 10.3. The van der Waals surface area contributed by atoms with Gasteiger partial charge in [-0.1, -0.05) is 19.4 Å². The van der Waals surface area contributed by atoms with Crippen molar-refractivity contribution in [3.8, 4) is 0 Å². The van der Waals surface area contributed by atoms with E-state index >= 15 is 0 Å². The van der Waals surface area contributed by atoms with Gasteiger partial charge in [-0.05, 0) is 81.6 Å². The maximum absolute atomic E-state index is 13.3. The number of aliphatic hydroxyl groups is 3. The van der Waals surface area contributed by atoms with E-state index in [0.717, 1.165) is 18.4 Å². The summed E-state index contributed by atoms with van der Waals surface area (Å²) in [6, 6.07) is 0. The van der Waals surface area contributed by atoms with Crippen LogP contribution in [-0.4, -0.2) is 69.2 Å². The molecule has 9 heteroatoms. The monoisotopic (exact) mass is 533 g/mol. The topological polar surface area (TPSA) is 150 Å². The van der Waals surface area contributed by atoms with Crippen LogP contribution >= 0.6 is 0 Å². The second kappa shape index (κ2) is 10.1. The normalized spacial score (nSPS) is 38.4. The Hall–Kier alpha value is -2.10. The van der Waals surface area contributed by atoms with Crippen molar-refractivity contribution < 1.29 is 39.2 Å². The molecule has 3 fully saturated rings. The number of esters is 1. The van der Waals surface area contributed by atoms with Crippen LogP contribution in [0.3, 0.4) is 0 Å². The van der Waals surface area contributed by atoms with E-state index in [9.17, 15) is 34.5 Å². The molecule has 0 aromatic heterocycles. The van der Waals surface area contributed by atoms with Crippen LogP contribution < -0.4 is 5.32 Å². The van der Waals surface area contributed by atoms with Crippen LogP contribution in [-0.2, 0) is 23.9 Å². The molecule has 3 saturated carbocycles. The van der Waals surface area contributed by atoms with Crippen molar-refractivity contribution in [2.75, 3.05) is 13.2 Å². The number of fused-ring (bicyclic) bond motifs is 5. The van der Waals surface area contributed by atoms with E-state index in [-0.39, 0.29) is 61.2 Å². The lowest BCUT2D eigenvalue weighted by molar-refractivity contribution is -0.184. The SMILES string of the molecule is CC(C)(CO)NC(=O)CCC(=O)OCC(=O)[C@@]1(O)CC[C@@H]2[C@@H]3CCC4=CC(=O)CC[C@]4(C)[C@@H]3[C@H](O)C[C@@]21C. The number of nitrogens with one attached hydrogen (secondary N) is 1. The summed E-state index contributed by atoms with van der Waals surface area (Å²) in [6.07, 6.45) is 4.65. The van der Waals surface area contributed by atoms with Crippen LogP contribution in [0, 0.1) is 28.6 Å². The fourth-order valence-electron chi connectivity index (χ4n) is 8.18. The number of rotatable bonds is 8. The number of hydrogen-bond acceptors (Lipinski definition) is 8. The van der Waals surface area contributed by atoms with Crippen LogP contribution in [0.2, 0.25) is 0 Å². The highest BCUT2D eigenvalue weighted by Gasteiger charge is 2.68. The molecule has 38 heavy (non-hydrogen) atoms. The summed E-state index contributed by atoms with van der Waals surface area (Å²) >= 11 is 0. The number of Topliss-reactive ketones (excluding diaryl/α,β-unsaturated/α-hetero) is 1. The molecule has 0 unspecified atom stereocenters. The van der Waals surface area contributed by atoms with Gasteiger partial charge in [-0.3, -0.25) is 19.2 Å². The number of aliphatic hydroxyl groups excluding tert-OH is 2. The fourth-order valence-corrected chi connectivity index (χ4v) is 8.18. The molecular formula is C29H43NO8. The second-order valence-electron chi connectivity index (χ2n) is 13.2. The minimum Gasteiger partial charge on any atom is -0.458 e. The summed E-state index contributed by atoms with van der Waals surface area (Å²) in [6.45, 7) is 6.52. The quantitative estimate of drug-likeness (QED) is 0.346. The number of carbonyl (C=O) groups excluding carboxylic acids is 4. The van der Waals surface area contributed by atoms with E-state index in [1.54, 1.807) is 19.9 Å². The van der Waals surface area contributed by atoms with Crippen molar-refractivity contribution in [2.24, 2.45) is 28.6 Å². The zero-order valence-corrected chi connectivity index (χ0v) is 23.0. The van der Waals surface area contributed by atoms with Gasteiger partial charge in [0.05, 0.1) is 24.7 Å². The lowest BCUT2D eigenvalue weighted by Crippen LogP contribution is -2.62. The van der Waals surface area contributed by atoms with Crippen molar-refractivity contribution in [3.63, 3.8) is 0 Å². The molecule has 0 radical (unpaired) electrons. The molecule has 0 bridgehead atoms. The van der Waals surface area contributed by atoms with Crippen LogP contribution in [0.15, 0.2) is 11.6 Å². The van der Waals surface area contributed by atoms with Crippen molar-refractivity contribution >= 4 is 23.4 Å². The molecule has 4 N–H and O–H groups in total. The van der Waals surface area contributed by atoms with Gasteiger partial charge in [-0.2, -0.15) is 0 Å². The van der Waals surface area contributed by atoms with E-state index < -0.39 is 46.9 Å². The van der Waals surface area contributed by atoms with E-state index in [4.69, 9.17) is 4.74 Å². The van der Waals surface area contributed by atoms with Gasteiger partial charge in [0.1, 0.15) is 5.60 Å². The first-order chi connectivity index (χ1) is 17.7. The van der Waals surface area contributed by atoms with Crippen LogP contribution in [0.1, 0.15) is 85.5 Å². The number of ether oxygens (including phenoxy) is 1. The van der Waals surface area contributed by atoms with Gasteiger partial charge < -0.3 is 25.4 Å². The number of amides is 1. The lowest BCUT2D eigenvalue weighted by atomic mass is 9.45. The molecule has 4 aliphatic carbocycles. The average molecular weight is 534 g/mol. The predicted octanol–water partition coefficient (Wildman–Crippen LogP) is 2.00. The molecule has 4 aliphatic rings. The maximum Gasteiger partial charge on any atom is 0.306 e. The Morgan fingerprint density at radius 3 is 2.53 bits per heavy atom. The van der Waals surface area contributed by atoms with Gasteiger partial charge in [-0.15, -0.1) is 0 Å². The molecule has 0 aliphatic heterocycles. The Morgan fingerprint density at radius 2 is 1.84 bits per heavy atom. The maximum atomic E-state index is 13.3. The molecule has 0 aromatic carbocycles. The Kier molecular flexibility index (Phi) is 7.71. The largest absolute Gasteiger partial charge is 0.458 e. The van der Waals surface area contributed by atoms with E-state index in [1.165, 1.54) is 0 Å². The molecular weight excluding hydrogens is 490 g/mol. The van der Waals surface area contributed by atoms with Crippen molar-refractivity contribution in [3.05, 3.63) is 11.6 Å². The molecule has 4 rings (SSSR count). The standard InChI is InChI=1S/C29H43NO8/c1-26(2,16-31)30-23(35)7-8-24(36)38-15-22(34)29(37)12-10-20-19-6-5-17-13-18(32)9-11-27(17,3)25(19)21(33)14-28(20,29)4/h13,19-21,25,31,33,37H,5-12,14-16H2,1-4H3,(H,30,35)/t19-,20+,21+,25-,27-,28-,29-/m0/s1. The predicted molar refractivity (Wildman–Crippen MR) is 138 cm³/mol. The van der Waals surface area contributed by atoms with Gasteiger partial charge in [0.2, 0.25) is 11.7 Å². The first-order valence-electron chi connectivity index (χ1n) is 13.9. The van der Waals surface area contributed by atoms with E-state index in [1.807, 2.05) is 6.92 Å². The summed E-state index contributed by atoms with van der Waals surface area (Å²) in [5.74, 6) is -1.40. The Bertz CT molecular complexity index is 1040. The minimum absolute atomic E-state index is 0.0223. The Morgan fingerprint density at radius 1 is 1.13 bits per heavy atom. The first-order valence-corrected chi connectivity index (χ1v) is 13.9. The summed E-state index contributed by atoms with van der Waals surface area (Å²) in [5.41, 5.74) is -2.50. The first kappa shape index (κ1) is 28.9. The highest BCUT2D eigenvalue weighted by Crippen LogP contribution is 2.67. The van der Waals surface area contributed by atoms with Crippen LogP contribution in [0.5, 0.6) is 0 Å². The smallest absolute Gasteiger partial charge is 0.306 e. The minimum atomic E-state index is -1.72. The molecule has 0 spiro atoms. The summed E-state index contributed by atoms with van der Waals surface area (Å²) in [5, 5.41) is 35.1. The van der Waals surface area contributed by atoms with Gasteiger partial charge in [0.25, 0.3) is 0 Å². The summed E-state index contributed by atoms with van der Waals surface area (Å²) < 4.78 is 5.16. The Balaban J connectivity index is 1.40. The van der Waals surface area contributed by atoms with Crippen LogP contribution in [0.25, 0.3) is 0 Å². The van der Waals surface area contributed by atoms with Gasteiger partial charge in [0, 0.05) is 18.3 Å². The molecule has 212 valence electrons. The average Bonchev–Trinajstić information content (AvgIpc) is 3.12. The molecule has 9 nitrogen and oxygen atoms in total. The van der Waals surface area contributed by atoms with Crippen molar-refractivity contribution in [1.82, 2.24) is 5.32 Å². The lowest BCUT2D eigenvalue weighted by Gasteiger charge is -2.60. The summed E-state index contributed by atoms with van der Waals surface area (Å²) in [7, 11) is 0. The molecule has 1 amide bonds. The third kappa shape index (κ3) is 4.86.